The molecule has 0 saturated heterocycles. The van der Waals surface area contributed by atoms with Crippen LogP contribution in [0.4, 0.5) is 24.8 Å². The number of halogens is 3. The Morgan fingerprint density at radius 2 is 1.86 bits per heavy atom. The molecule has 260 valence electrons. The fourth-order valence-corrected chi connectivity index (χ4v) is 6.79. The van der Waals surface area contributed by atoms with E-state index in [0.717, 1.165) is 37.3 Å². The number of pyridine rings is 3. The van der Waals surface area contributed by atoms with Crippen molar-refractivity contribution in [1.29, 1.82) is 0 Å². The molecule has 2 saturated carbocycles. The highest BCUT2D eigenvalue weighted by Gasteiger charge is 2.40. The first-order valence-corrected chi connectivity index (χ1v) is 16.2. The van der Waals surface area contributed by atoms with E-state index in [1.54, 1.807) is 31.2 Å². The van der Waals surface area contributed by atoms with Gasteiger partial charge in [0.1, 0.15) is 11.2 Å². The van der Waals surface area contributed by atoms with Crippen LogP contribution in [0.3, 0.4) is 0 Å². The number of ether oxygens (including phenoxy) is 1. The van der Waals surface area contributed by atoms with Crippen molar-refractivity contribution >= 4 is 34.7 Å². The van der Waals surface area contributed by atoms with Crippen molar-refractivity contribution in [2.45, 2.75) is 57.2 Å². The number of carbonyl (C=O) groups is 2. The summed E-state index contributed by atoms with van der Waals surface area (Å²) in [4.78, 5) is 48.6. The van der Waals surface area contributed by atoms with Crippen molar-refractivity contribution in [3.05, 3.63) is 59.2 Å². The van der Waals surface area contributed by atoms with Gasteiger partial charge >= 0.3 is 12.1 Å². The number of carboxylic acid groups (broad SMARTS) is 1. The van der Waals surface area contributed by atoms with E-state index in [-0.39, 0.29) is 52.1 Å². The van der Waals surface area contributed by atoms with Gasteiger partial charge in [0, 0.05) is 56.5 Å². The SMILES string of the molecule is COCC1(CN(C)c2cc(-c3cnc(C4CC4)c(C(F)(F)F)c3)nc3nc(NC(=O)c4ccc(CN(C)CC(=O)O)cn4)[nH]c23)CCCC1. The molecular formula is C34H39F3N8O4. The van der Waals surface area contributed by atoms with Crippen molar-refractivity contribution in [3.63, 3.8) is 0 Å². The molecule has 2 aliphatic carbocycles. The van der Waals surface area contributed by atoms with E-state index < -0.39 is 23.6 Å². The molecular weight excluding hydrogens is 641 g/mol. The van der Waals surface area contributed by atoms with Crippen LogP contribution in [0, 0.1) is 5.41 Å². The van der Waals surface area contributed by atoms with Crippen molar-refractivity contribution < 1.29 is 32.6 Å². The first-order chi connectivity index (χ1) is 23.3. The number of anilines is 2. The molecule has 4 heterocycles. The van der Waals surface area contributed by atoms with Crippen molar-refractivity contribution in [2.75, 3.05) is 51.1 Å². The van der Waals surface area contributed by atoms with E-state index in [9.17, 15) is 22.8 Å². The molecule has 0 bridgehead atoms. The maximum absolute atomic E-state index is 14.2. The second kappa shape index (κ2) is 13.7. The number of alkyl halides is 3. The number of methoxy groups -OCH3 is 1. The van der Waals surface area contributed by atoms with Crippen LogP contribution in [0.25, 0.3) is 22.4 Å². The Bertz CT molecular complexity index is 1840. The first kappa shape index (κ1) is 34.2. The third-order valence-electron chi connectivity index (χ3n) is 9.17. The summed E-state index contributed by atoms with van der Waals surface area (Å²) in [6.07, 6.45) is 3.89. The Balaban J connectivity index is 1.33. The molecule has 0 radical (unpaired) electrons. The number of nitrogens with one attached hydrogen (secondary N) is 2. The lowest BCUT2D eigenvalue weighted by Crippen LogP contribution is -2.37. The molecule has 2 aliphatic rings. The minimum atomic E-state index is -4.57. The average molecular weight is 681 g/mol. The number of hydrogen-bond donors (Lipinski definition) is 3. The Morgan fingerprint density at radius 1 is 1.10 bits per heavy atom. The highest BCUT2D eigenvalue weighted by Crippen LogP contribution is 2.46. The quantitative estimate of drug-likeness (QED) is 0.160. The Labute approximate surface area is 281 Å². The van der Waals surface area contributed by atoms with E-state index in [1.165, 1.54) is 18.5 Å². The van der Waals surface area contributed by atoms with Crippen LogP contribution in [-0.4, -0.2) is 87.7 Å². The number of hydrogen-bond acceptors (Lipinski definition) is 9. The summed E-state index contributed by atoms with van der Waals surface area (Å²) in [5, 5.41) is 11.7. The summed E-state index contributed by atoms with van der Waals surface area (Å²) in [7, 11) is 5.27. The standard InChI is InChI=1S/C34H39F3N8O4/c1-44(17-27(46)47)16-20-6-9-24(38-14-20)31(48)43-32-41-29-26(45(2)18-33(19-49-3)10-4-5-11-33)13-25(40-30(29)42-32)22-12-23(34(35,36)37)28(39-15-22)21-7-8-21/h6,9,12-15,21H,4-5,7-8,10-11,16-19H2,1-3H3,(H,46,47)(H2,40,41,42,43,48). The number of carboxylic acids is 1. The number of carbonyl (C=O) groups excluding carboxylic acids is 1. The molecule has 12 nitrogen and oxygen atoms in total. The molecule has 2 fully saturated rings. The Morgan fingerprint density at radius 3 is 2.49 bits per heavy atom. The van der Waals surface area contributed by atoms with Gasteiger partial charge in [0.05, 0.1) is 35.8 Å². The summed E-state index contributed by atoms with van der Waals surface area (Å²) in [6.45, 7) is 1.40. The Hall–Kier alpha value is -4.63. The van der Waals surface area contributed by atoms with Crippen LogP contribution in [-0.2, 0) is 22.3 Å². The number of aliphatic carboxylic acids is 1. The van der Waals surface area contributed by atoms with Crippen LogP contribution < -0.4 is 10.2 Å². The van der Waals surface area contributed by atoms with Gasteiger partial charge in [0.25, 0.3) is 5.91 Å². The predicted molar refractivity (Wildman–Crippen MR) is 176 cm³/mol. The molecule has 6 rings (SSSR count). The third-order valence-corrected chi connectivity index (χ3v) is 9.17. The highest BCUT2D eigenvalue weighted by molar-refractivity contribution is 6.03. The molecule has 0 atom stereocenters. The monoisotopic (exact) mass is 680 g/mol. The van der Waals surface area contributed by atoms with Crippen LogP contribution in [0.5, 0.6) is 0 Å². The molecule has 0 aromatic carbocycles. The number of likely N-dealkylation sites (N-methyl/N-ethyl adjacent to an activating group) is 1. The summed E-state index contributed by atoms with van der Waals surface area (Å²) in [5.41, 5.74) is 1.94. The molecule has 0 unspecified atom stereocenters. The maximum Gasteiger partial charge on any atom is 0.418 e. The molecule has 0 aliphatic heterocycles. The largest absolute Gasteiger partial charge is 0.480 e. The number of aromatic nitrogens is 5. The van der Waals surface area contributed by atoms with Crippen molar-refractivity contribution in [3.8, 4) is 11.3 Å². The zero-order chi connectivity index (χ0) is 34.9. The van der Waals surface area contributed by atoms with Crippen LogP contribution >= 0.6 is 0 Å². The van der Waals surface area contributed by atoms with E-state index >= 15 is 0 Å². The number of fused-ring (bicyclic) bond motifs is 1. The summed E-state index contributed by atoms with van der Waals surface area (Å²) in [5.74, 6) is -1.58. The van der Waals surface area contributed by atoms with Gasteiger partial charge in [-0.3, -0.25) is 29.8 Å². The van der Waals surface area contributed by atoms with E-state index in [0.29, 0.717) is 43.7 Å². The molecule has 3 N–H and O–H groups in total. The maximum atomic E-state index is 14.2. The normalized spacial score (nSPS) is 16.0. The lowest BCUT2D eigenvalue weighted by atomic mass is 9.86. The third kappa shape index (κ3) is 7.83. The van der Waals surface area contributed by atoms with Gasteiger partial charge in [-0.25, -0.2) is 4.98 Å². The van der Waals surface area contributed by atoms with Gasteiger partial charge in [-0.1, -0.05) is 18.9 Å². The lowest BCUT2D eigenvalue weighted by Gasteiger charge is -2.34. The topological polar surface area (TPSA) is 149 Å². The summed E-state index contributed by atoms with van der Waals surface area (Å²) < 4.78 is 48.1. The van der Waals surface area contributed by atoms with Gasteiger partial charge in [0.15, 0.2) is 5.65 Å². The van der Waals surface area contributed by atoms with Crippen LogP contribution in [0.2, 0.25) is 0 Å². The van der Waals surface area contributed by atoms with Crippen LogP contribution in [0.15, 0.2) is 36.7 Å². The smallest absolute Gasteiger partial charge is 0.418 e. The van der Waals surface area contributed by atoms with Gasteiger partial charge in [-0.05, 0) is 56.5 Å². The average Bonchev–Trinajstić information content (AvgIpc) is 3.66. The fraction of sp³-hybridized carbons (Fsp3) is 0.471. The van der Waals surface area contributed by atoms with Gasteiger partial charge in [-0.15, -0.1) is 0 Å². The lowest BCUT2D eigenvalue weighted by molar-refractivity contribution is -0.139. The van der Waals surface area contributed by atoms with Crippen LogP contribution in [0.1, 0.15) is 71.8 Å². The van der Waals surface area contributed by atoms with E-state index in [2.05, 4.69) is 30.2 Å². The number of nitrogens with zero attached hydrogens (tertiary/aromatic N) is 6. The molecule has 4 aromatic rings. The number of rotatable bonds is 13. The summed E-state index contributed by atoms with van der Waals surface area (Å²) in [6, 6.07) is 6.07. The predicted octanol–water partition coefficient (Wildman–Crippen LogP) is 5.72. The molecule has 0 spiro atoms. The minimum Gasteiger partial charge on any atom is -0.480 e. The molecule has 4 aromatic heterocycles. The number of imidazole rings is 1. The molecule has 1 amide bonds. The Kier molecular flexibility index (Phi) is 9.58. The minimum absolute atomic E-state index is 0.0658. The molecule has 49 heavy (non-hydrogen) atoms. The number of aromatic amines is 1. The second-order valence-electron chi connectivity index (χ2n) is 13.3. The molecule has 15 heteroatoms. The van der Waals surface area contributed by atoms with E-state index in [1.807, 2.05) is 11.9 Å². The number of H-pyrrole nitrogens is 1. The van der Waals surface area contributed by atoms with Crippen molar-refractivity contribution in [2.24, 2.45) is 5.41 Å². The fourth-order valence-electron chi connectivity index (χ4n) is 6.79. The van der Waals surface area contributed by atoms with Gasteiger partial charge in [-0.2, -0.15) is 18.2 Å². The first-order valence-electron chi connectivity index (χ1n) is 16.2. The number of amides is 1. The van der Waals surface area contributed by atoms with Crippen molar-refractivity contribution in [1.82, 2.24) is 29.8 Å². The van der Waals surface area contributed by atoms with Gasteiger partial charge in [0.2, 0.25) is 5.95 Å². The van der Waals surface area contributed by atoms with Gasteiger partial charge < -0.3 is 19.7 Å². The van der Waals surface area contributed by atoms with E-state index in [4.69, 9.17) is 9.84 Å². The highest BCUT2D eigenvalue weighted by atomic mass is 19.4. The zero-order valence-corrected chi connectivity index (χ0v) is 27.6. The zero-order valence-electron chi connectivity index (χ0n) is 27.6. The second-order valence-corrected chi connectivity index (χ2v) is 13.3. The summed E-state index contributed by atoms with van der Waals surface area (Å²) >= 11 is 0.